The second-order valence-corrected chi connectivity index (χ2v) is 3.39. The molecule has 0 radical (unpaired) electrons. The van der Waals surface area contributed by atoms with Gasteiger partial charge in [-0.2, -0.15) is 8.78 Å². The number of likely N-dealkylation sites (N-methyl/N-ethyl adjacent to an activating group) is 1. The first kappa shape index (κ1) is 13.2. The van der Waals surface area contributed by atoms with Gasteiger partial charge in [0.25, 0.3) is 5.92 Å². The van der Waals surface area contributed by atoms with Gasteiger partial charge >= 0.3 is 5.97 Å². The lowest BCUT2D eigenvalue weighted by Crippen LogP contribution is -2.47. The maximum absolute atomic E-state index is 13.7. The third kappa shape index (κ3) is 2.44. The molecule has 0 saturated carbocycles. The molecule has 5 nitrogen and oxygen atoms in total. The van der Waals surface area contributed by atoms with Crippen LogP contribution in [0, 0.1) is 0 Å². The van der Waals surface area contributed by atoms with E-state index in [4.69, 9.17) is 15.3 Å². The minimum absolute atomic E-state index is 0.555. The Kier molecular flexibility index (Phi) is 3.52. The van der Waals surface area contributed by atoms with Gasteiger partial charge in [0.2, 0.25) is 0 Å². The van der Waals surface area contributed by atoms with Crippen molar-refractivity contribution < 1.29 is 28.9 Å². The molecule has 0 amide bonds. The number of rotatable bonds is 4. The zero-order chi connectivity index (χ0) is 13.2. The van der Waals surface area contributed by atoms with E-state index in [0.717, 1.165) is 19.2 Å². The minimum Gasteiger partial charge on any atom is -0.504 e. The maximum Gasteiger partial charge on any atom is 0.327 e. The number of benzene rings is 1. The molecule has 0 saturated heterocycles. The normalized spacial score (nSPS) is 13.4. The largest absolute Gasteiger partial charge is 0.504 e. The number of aromatic hydroxyl groups is 2. The minimum atomic E-state index is -3.72. The van der Waals surface area contributed by atoms with Crippen LogP contribution >= 0.6 is 0 Å². The number of hydrogen-bond donors (Lipinski definition) is 4. The zero-order valence-electron chi connectivity index (χ0n) is 8.82. The summed E-state index contributed by atoms with van der Waals surface area (Å²) in [4.78, 5) is 10.6. The fourth-order valence-corrected chi connectivity index (χ4v) is 1.36. The Morgan fingerprint density at radius 2 is 1.94 bits per heavy atom. The van der Waals surface area contributed by atoms with E-state index in [9.17, 15) is 13.6 Å². The summed E-state index contributed by atoms with van der Waals surface area (Å²) >= 11 is 0. The van der Waals surface area contributed by atoms with E-state index in [-0.39, 0.29) is 0 Å². The van der Waals surface area contributed by atoms with Crippen molar-refractivity contribution in [1.82, 2.24) is 5.32 Å². The average molecular weight is 247 g/mol. The molecule has 0 unspecified atom stereocenters. The van der Waals surface area contributed by atoms with Crippen LogP contribution in [-0.2, 0) is 10.7 Å². The molecule has 0 fully saturated rings. The van der Waals surface area contributed by atoms with E-state index in [1.54, 1.807) is 0 Å². The number of nitrogens with one attached hydrogen (secondary N) is 1. The number of hydrogen-bond acceptors (Lipinski definition) is 4. The van der Waals surface area contributed by atoms with Gasteiger partial charge in [-0.3, -0.25) is 4.79 Å². The molecule has 1 rings (SSSR count). The molecule has 0 spiro atoms. The summed E-state index contributed by atoms with van der Waals surface area (Å²) in [6.07, 6.45) is 0. The number of aliphatic carboxylic acids is 1. The molecule has 7 heteroatoms. The van der Waals surface area contributed by atoms with Crippen LogP contribution < -0.4 is 5.32 Å². The summed E-state index contributed by atoms with van der Waals surface area (Å²) < 4.78 is 27.5. The summed E-state index contributed by atoms with van der Waals surface area (Å²) in [5.41, 5.74) is -0.699. The lowest BCUT2D eigenvalue weighted by molar-refractivity contribution is -0.151. The van der Waals surface area contributed by atoms with Crippen LogP contribution in [0.5, 0.6) is 11.5 Å². The van der Waals surface area contributed by atoms with E-state index in [1.165, 1.54) is 0 Å². The van der Waals surface area contributed by atoms with Crippen molar-refractivity contribution in [2.75, 3.05) is 7.05 Å². The SMILES string of the molecule is CN[C@H](C(=O)O)C(F)(F)c1ccc(O)c(O)c1. The van der Waals surface area contributed by atoms with E-state index in [2.05, 4.69) is 0 Å². The molecule has 17 heavy (non-hydrogen) atoms. The van der Waals surface area contributed by atoms with Crippen molar-refractivity contribution >= 4 is 5.97 Å². The van der Waals surface area contributed by atoms with Gasteiger partial charge in [0.1, 0.15) is 0 Å². The quantitative estimate of drug-likeness (QED) is 0.592. The fraction of sp³-hybridized carbons (Fsp3) is 0.300. The summed E-state index contributed by atoms with van der Waals surface area (Å²) in [5, 5.41) is 28.7. The van der Waals surface area contributed by atoms with Crippen LogP contribution in [0.25, 0.3) is 0 Å². The number of carboxylic acids is 1. The van der Waals surface area contributed by atoms with Crippen LogP contribution in [0.4, 0.5) is 8.78 Å². The molecule has 1 aromatic carbocycles. The monoisotopic (exact) mass is 247 g/mol. The topological polar surface area (TPSA) is 89.8 Å². The highest BCUT2D eigenvalue weighted by Gasteiger charge is 2.45. The summed E-state index contributed by atoms with van der Waals surface area (Å²) in [5.74, 6) is -6.72. The first-order valence-electron chi connectivity index (χ1n) is 4.61. The highest BCUT2D eigenvalue weighted by Crippen LogP contribution is 2.36. The zero-order valence-corrected chi connectivity index (χ0v) is 8.82. The van der Waals surface area contributed by atoms with Gasteiger partial charge in [-0.25, -0.2) is 0 Å². The molecule has 0 aliphatic heterocycles. The molecule has 0 aliphatic rings. The molecular weight excluding hydrogens is 236 g/mol. The highest BCUT2D eigenvalue weighted by molar-refractivity contribution is 5.75. The smallest absolute Gasteiger partial charge is 0.327 e. The highest BCUT2D eigenvalue weighted by atomic mass is 19.3. The Labute approximate surface area is 95.3 Å². The van der Waals surface area contributed by atoms with Crippen LogP contribution in [-0.4, -0.2) is 34.4 Å². The van der Waals surface area contributed by atoms with Gasteiger partial charge < -0.3 is 20.6 Å². The van der Waals surface area contributed by atoms with Crippen LogP contribution in [0.15, 0.2) is 18.2 Å². The van der Waals surface area contributed by atoms with Crippen molar-refractivity contribution in [3.8, 4) is 11.5 Å². The fourth-order valence-electron chi connectivity index (χ4n) is 1.36. The Hall–Kier alpha value is -1.89. The Balaban J connectivity index is 3.19. The van der Waals surface area contributed by atoms with Crippen molar-refractivity contribution in [2.45, 2.75) is 12.0 Å². The van der Waals surface area contributed by atoms with E-state index < -0.39 is 35.0 Å². The molecular formula is C10H11F2NO4. The molecule has 0 aromatic heterocycles. The average Bonchev–Trinajstić information content (AvgIpc) is 2.21. The van der Waals surface area contributed by atoms with Crippen LogP contribution in [0.1, 0.15) is 5.56 Å². The van der Waals surface area contributed by atoms with Crippen molar-refractivity contribution in [2.24, 2.45) is 0 Å². The number of phenols is 2. The number of carbonyl (C=O) groups is 1. The van der Waals surface area contributed by atoms with Gasteiger partial charge in [-0.1, -0.05) is 0 Å². The molecule has 1 aromatic rings. The van der Waals surface area contributed by atoms with E-state index in [0.29, 0.717) is 6.07 Å². The van der Waals surface area contributed by atoms with Gasteiger partial charge in [-0.15, -0.1) is 0 Å². The Morgan fingerprint density at radius 3 is 2.35 bits per heavy atom. The number of carboxylic acid groups (broad SMARTS) is 1. The molecule has 1 atom stereocenters. The molecule has 0 bridgehead atoms. The van der Waals surface area contributed by atoms with E-state index in [1.807, 2.05) is 5.32 Å². The van der Waals surface area contributed by atoms with Crippen LogP contribution in [0.2, 0.25) is 0 Å². The second kappa shape index (κ2) is 4.54. The van der Waals surface area contributed by atoms with Crippen molar-refractivity contribution in [1.29, 1.82) is 0 Å². The lowest BCUT2D eigenvalue weighted by Gasteiger charge is -2.23. The van der Waals surface area contributed by atoms with Gasteiger partial charge in [0.15, 0.2) is 17.5 Å². The first-order valence-corrected chi connectivity index (χ1v) is 4.61. The lowest BCUT2D eigenvalue weighted by atomic mass is 10.0. The number of alkyl halides is 2. The third-order valence-corrected chi connectivity index (χ3v) is 2.26. The molecule has 94 valence electrons. The number of halogens is 2. The molecule has 0 aliphatic carbocycles. The Bertz CT molecular complexity index is 436. The van der Waals surface area contributed by atoms with Gasteiger partial charge in [0.05, 0.1) is 0 Å². The Morgan fingerprint density at radius 1 is 1.35 bits per heavy atom. The molecule has 4 N–H and O–H groups in total. The van der Waals surface area contributed by atoms with Gasteiger partial charge in [-0.05, 0) is 25.2 Å². The predicted octanol–water partition coefficient (Wildman–Crippen LogP) is 0.862. The maximum atomic E-state index is 13.7. The summed E-state index contributed by atoms with van der Waals surface area (Å²) in [7, 11) is 1.09. The summed E-state index contributed by atoms with van der Waals surface area (Å²) in [6.45, 7) is 0. The predicted molar refractivity (Wildman–Crippen MR) is 54.1 cm³/mol. The van der Waals surface area contributed by atoms with Crippen LogP contribution in [0.3, 0.4) is 0 Å². The van der Waals surface area contributed by atoms with Crippen molar-refractivity contribution in [3.63, 3.8) is 0 Å². The second-order valence-electron chi connectivity index (χ2n) is 3.39. The third-order valence-electron chi connectivity index (χ3n) is 2.26. The number of phenolic OH excluding ortho intramolecular Hbond substituents is 2. The first-order chi connectivity index (χ1) is 7.80. The van der Waals surface area contributed by atoms with Crippen molar-refractivity contribution in [3.05, 3.63) is 23.8 Å². The summed E-state index contributed by atoms with van der Waals surface area (Å²) in [6, 6.07) is 0.226. The standard InChI is InChI=1S/C10H11F2NO4/c1-13-8(9(16)17)10(11,12)5-2-3-6(14)7(15)4-5/h2-4,8,13-15H,1H3,(H,16,17)/t8-/m1/s1. The van der Waals surface area contributed by atoms with Gasteiger partial charge in [0, 0.05) is 5.56 Å². The molecule has 0 heterocycles. The van der Waals surface area contributed by atoms with E-state index >= 15 is 0 Å².